The Morgan fingerprint density at radius 1 is 1.04 bits per heavy atom. The molecule has 1 atom stereocenters. The Labute approximate surface area is 162 Å². The highest BCUT2D eigenvalue weighted by Crippen LogP contribution is 2.35. The lowest BCUT2D eigenvalue weighted by Crippen LogP contribution is -2.34. The number of aromatic amines is 1. The zero-order valence-electron chi connectivity index (χ0n) is 16.2. The maximum Gasteiger partial charge on any atom is 0.124 e. The molecule has 2 aliphatic rings. The topological polar surface area (TPSA) is 40.7 Å². The summed E-state index contributed by atoms with van der Waals surface area (Å²) in [5.74, 6) is 2.27. The number of imidazole rings is 1. The molecule has 0 radical (unpaired) electrons. The van der Waals surface area contributed by atoms with Crippen LogP contribution in [0.15, 0.2) is 30.5 Å². The molecule has 0 bridgehead atoms. The summed E-state index contributed by atoms with van der Waals surface area (Å²) in [5.41, 5.74) is 1.68. The molecule has 2 aliphatic carbocycles. The van der Waals surface area contributed by atoms with Crippen LogP contribution in [0.3, 0.4) is 0 Å². The molecule has 2 aromatic rings. The van der Waals surface area contributed by atoms with E-state index in [0.29, 0.717) is 5.92 Å². The van der Waals surface area contributed by atoms with Crippen LogP contribution in [-0.4, -0.2) is 16.5 Å². The number of halogens is 1. The third-order valence-electron chi connectivity index (χ3n) is 6.49. The molecule has 2 fully saturated rings. The fourth-order valence-electron chi connectivity index (χ4n) is 4.93. The normalized spacial score (nSPS) is 20.6. The number of H-pyrrole nitrogens is 1. The zero-order chi connectivity index (χ0) is 18.5. The number of hydrogen-bond acceptors (Lipinski definition) is 2. The number of nitrogens with zero attached hydrogens (tertiary/aromatic N) is 1. The van der Waals surface area contributed by atoms with E-state index in [9.17, 15) is 4.39 Å². The van der Waals surface area contributed by atoms with Crippen LogP contribution < -0.4 is 5.32 Å². The second-order valence-corrected chi connectivity index (χ2v) is 8.47. The maximum atomic E-state index is 13.6. The maximum absolute atomic E-state index is 13.6. The summed E-state index contributed by atoms with van der Waals surface area (Å²) < 4.78 is 13.6. The lowest BCUT2D eigenvalue weighted by Gasteiger charge is -2.32. The Balaban J connectivity index is 1.50. The van der Waals surface area contributed by atoms with Crippen molar-refractivity contribution in [2.45, 2.75) is 70.3 Å². The summed E-state index contributed by atoms with van der Waals surface area (Å²) in [4.78, 5) is 8.29. The Hall–Kier alpha value is -1.68. The molecule has 2 saturated carbocycles. The van der Waals surface area contributed by atoms with E-state index < -0.39 is 0 Å². The first kappa shape index (κ1) is 18.7. The number of nitrogens with one attached hydrogen (secondary N) is 2. The number of benzene rings is 1. The molecule has 0 spiro atoms. The summed E-state index contributed by atoms with van der Waals surface area (Å²) in [6.07, 6.45) is 15.4. The molecule has 1 heterocycles. The minimum Gasteiger partial charge on any atom is -0.347 e. The van der Waals surface area contributed by atoms with Gasteiger partial charge in [0.1, 0.15) is 11.6 Å². The van der Waals surface area contributed by atoms with E-state index in [1.807, 2.05) is 12.3 Å². The van der Waals surface area contributed by atoms with Crippen LogP contribution in [0.5, 0.6) is 0 Å². The number of aromatic nitrogens is 2. The van der Waals surface area contributed by atoms with Gasteiger partial charge in [0.25, 0.3) is 0 Å². The average Bonchev–Trinajstić information content (AvgIpc) is 3.20. The molecule has 1 aromatic carbocycles. The predicted molar refractivity (Wildman–Crippen MR) is 108 cm³/mol. The van der Waals surface area contributed by atoms with E-state index in [1.165, 1.54) is 70.3 Å². The quantitative estimate of drug-likeness (QED) is 0.655. The smallest absolute Gasteiger partial charge is 0.124 e. The summed E-state index contributed by atoms with van der Waals surface area (Å²) in [6.45, 7) is 1.09. The Morgan fingerprint density at radius 3 is 2.52 bits per heavy atom. The van der Waals surface area contributed by atoms with Gasteiger partial charge in [-0.25, -0.2) is 9.37 Å². The summed E-state index contributed by atoms with van der Waals surface area (Å²) >= 11 is 0. The lowest BCUT2D eigenvalue weighted by atomic mass is 9.83. The molecular formula is C23H32FN3. The van der Waals surface area contributed by atoms with Crippen LogP contribution in [0.2, 0.25) is 0 Å². The van der Waals surface area contributed by atoms with Crippen molar-refractivity contribution in [3.63, 3.8) is 0 Å². The van der Waals surface area contributed by atoms with Crippen LogP contribution in [-0.2, 0) is 0 Å². The van der Waals surface area contributed by atoms with Gasteiger partial charge in [-0.2, -0.15) is 0 Å². The van der Waals surface area contributed by atoms with E-state index in [0.717, 1.165) is 29.5 Å². The van der Waals surface area contributed by atoms with Gasteiger partial charge in [0.05, 0.1) is 11.7 Å². The van der Waals surface area contributed by atoms with Gasteiger partial charge in [-0.3, -0.25) is 0 Å². The minimum atomic E-state index is -0.212. The van der Waals surface area contributed by atoms with Crippen LogP contribution in [0.4, 0.5) is 4.39 Å². The molecule has 1 unspecified atom stereocenters. The van der Waals surface area contributed by atoms with Crippen molar-refractivity contribution in [3.05, 3.63) is 42.1 Å². The van der Waals surface area contributed by atoms with Gasteiger partial charge in [0, 0.05) is 11.8 Å². The van der Waals surface area contributed by atoms with Gasteiger partial charge in [-0.05, 0) is 56.2 Å². The highest BCUT2D eigenvalue weighted by molar-refractivity contribution is 5.58. The van der Waals surface area contributed by atoms with Crippen LogP contribution in [0, 0.1) is 17.7 Å². The molecule has 0 aliphatic heterocycles. The van der Waals surface area contributed by atoms with Crippen LogP contribution in [0.25, 0.3) is 11.3 Å². The standard InChI is InChI=1S/C23H32FN3/c24-20-13-7-12-19(14-20)21-16-26-23(27-21)22(18-10-5-2-6-11-18)25-15-17-8-3-1-4-9-17/h7,12-14,16-18,22,25H,1-6,8-11,15H2,(H,26,27). The zero-order valence-corrected chi connectivity index (χ0v) is 16.2. The molecule has 0 saturated heterocycles. The van der Waals surface area contributed by atoms with E-state index in [2.05, 4.69) is 10.3 Å². The molecule has 4 rings (SSSR count). The fourth-order valence-corrected chi connectivity index (χ4v) is 4.93. The Kier molecular flexibility index (Phi) is 6.23. The van der Waals surface area contributed by atoms with Crippen molar-refractivity contribution >= 4 is 0 Å². The first-order valence-corrected chi connectivity index (χ1v) is 10.8. The van der Waals surface area contributed by atoms with Crippen molar-refractivity contribution < 1.29 is 4.39 Å². The van der Waals surface area contributed by atoms with Gasteiger partial charge in [-0.15, -0.1) is 0 Å². The third kappa shape index (κ3) is 4.78. The van der Waals surface area contributed by atoms with Gasteiger partial charge < -0.3 is 10.3 Å². The molecule has 4 heteroatoms. The largest absolute Gasteiger partial charge is 0.347 e. The molecule has 1 aromatic heterocycles. The molecule has 2 N–H and O–H groups in total. The van der Waals surface area contributed by atoms with Crippen molar-refractivity contribution in [1.29, 1.82) is 0 Å². The highest BCUT2D eigenvalue weighted by Gasteiger charge is 2.28. The van der Waals surface area contributed by atoms with E-state index in [1.54, 1.807) is 12.1 Å². The second-order valence-electron chi connectivity index (χ2n) is 8.47. The summed E-state index contributed by atoms with van der Waals surface area (Å²) in [6, 6.07) is 7.00. The first-order valence-electron chi connectivity index (χ1n) is 10.8. The summed E-state index contributed by atoms with van der Waals surface area (Å²) in [5, 5.41) is 3.88. The van der Waals surface area contributed by atoms with Crippen molar-refractivity contribution in [2.24, 2.45) is 11.8 Å². The van der Waals surface area contributed by atoms with E-state index in [4.69, 9.17) is 4.98 Å². The van der Waals surface area contributed by atoms with Gasteiger partial charge in [0.15, 0.2) is 0 Å². The molecule has 27 heavy (non-hydrogen) atoms. The van der Waals surface area contributed by atoms with E-state index >= 15 is 0 Å². The van der Waals surface area contributed by atoms with Gasteiger partial charge in [-0.1, -0.05) is 50.7 Å². The number of rotatable bonds is 6. The SMILES string of the molecule is Fc1cccc(-c2c[nH]c(C(NCC3CCCCC3)C3CCCCC3)n2)c1. The Morgan fingerprint density at radius 2 is 1.78 bits per heavy atom. The van der Waals surface area contributed by atoms with E-state index in [-0.39, 0.29) is 11.9 Å². The third-order valence-corrected chi connectivity index (χ3v) is 6.49. The van der Waals surface area contributed by atoms with Gasteiger partial charge >= 0.3 is 0 Å². The monoisotopic (exact) mass is 369 g/mol. The Bertz CT molecular complexity index is 714. The van der Waals surface area contributed by atoms with Crippen molar-refractivity contribution in [2.75, 3.05) is 6.54 Å². The molecule has 0 amide bonds. The first-order chi connectivity index (χ1) is 13.3. The molecular weight excluding hydrogens is 337 g/mol. The summed E-state index contributed by atoms with van der Waals surface area (Å²) in [7, 11) is 0. The van der Waals surface area contributed by atoms with Crippen molar-refractivity contribution in [3.8, 4) is 11.3 Å². The average molecular weight is 370 g/mol. The lowest BCUT2D eigenvalue weighted by molar-refractivity contribution is 0.242. The minimum absolute atomic E-state index is 0.212. The van der Waals surface area contributed by atoms with Crippen LogP contribution >= 0.6 is 0 Å². The fraction of sp³-hybridized carbons (Fsp3) is 0.609. The predicted octanol–water partition coefficient (Wildman–Crippen LogP) is 6.01. The molecule has 146 valence electrons. The molecule has 3 nitrogen and oxygen atoms in total. The van der Waals surface area contributed by atoms with Gasteiger partial charge in [0.2, 0.25) is 0 Å². The number of hydrogen-bond donors (Lipinski definition) is 2. The highest BCUT2D eigenvalue weighted by atomic mass is 19.1. The second kappa shape index (κ2) is 9.01. The van der Waals surface area contributed by atoms with Crippen molar-refractivity contribution in [1.82, 2.24) is 15.3 Å². The van der Waals surface area contributed by atoms with Crippen LogP contribution in [0.1, 0.15) is 76.1 Å².